The molecule has 1 aromatic heterocycles. The molecule has 2 aliphatic heterocycles. The minimum absolute atomic E-state index is 0.0643. The highest BCUT2D eigenvalue weighted by Gasteiger charge is 2.30. The molecule has 3 aromatic rings. The van der Waals surface area contributed by atoms with Gasteiger partial charge in [0.25, 0.3) is 0 Å². The van der Waals surface area contributed by atoms with Gasteiger partial charge in [0.1, 0.15) is 17.9 Å². The summed E-state index contributed by atoms with van der Waals surface area (Å²) < 4.78 is 6.30. The Balaban J connectivity index is 1.36. The van der Waals surface area contributed by atoms with Crippen LogP contribution in [0.5, 0.6) is 5.75 Å². The normalized spacial score (nSPS) is 19.7. The minimum atomic E-state index is -0.427. The summed E-state index contributed by atoms with van der Waals surface area (Å²) in [5, 5.41) is 6.74. The lowest BCUT2D eigenvalue weighted by Gasteiger charge is -2.16. The van der Waals surface area contributed by atoms with Crippen molar-refractivity contribution < 1.29 is 14.3 Å². The molecule has 1 saturated heterocycles. The van der Waals surface area contributed by atoms with E-state index in [2.05, 4.69) is 58.9 Å². The lowest BCUT2D eigenvalue weighted by Crippen LogP contribution is -2.44. The number of hydrogen-bond donors (Lipinski definition) is 2. The Labute approximate surface area is 181 Å². The van der Waals surface area contributed by atoms with E-state index in [9.17, 15) is 9.59 Å². The van der Waals surface area contributed by atoms with Gasteiger partial charge >= 0.3 is 0 Å². The Bertz CT molecular complexity index is 1200. The van der Waals surface area contributed by atoms with E-state index in [1.165, 1.54) is 5.56 Å². The average molecular weight is 415 g/mol. The van der Waals surface area contributed by atoms with Gasteiger partial charge in [-0.25, -0.2) is 0 Å². The van der Waals surface area contributed by atoms with E-state index in [1.807, 2.05) is 13.0 Å². The first-order valence-electron chi connectivity index (χ1n) is 10.7. The Morgan fingerprint density at radius 2 is 2.06 bits per heavy atom. The van der Waals surface area contributed by atoms with Gasteiger partial charge in [-0.2, -0.15) is 0 Å². The van der Waals surface area contributed by atoms with Crippen LogP contribution in [0.15, 0.2) is 42.5 Å². The molecule has 2 atom stereocenters. The second-order valence-corrected chi connectivity index (χ2v) is 8.51. The number of fused-ring (bicyclic) bond motifs is 2. The van der Waals surface area contributed by atoms with Crippen molar-refractivity contribution in [1.29, 1.82) is 0 Å². The first-order chi connectivity index (χ1) is 15.0. The van der Waals surface area contributed by atoms with E-state index >= 15 is 0 Å². The van der Waals surface area contributed by atoms with Crippen LogP contribution in [0, 0.1) is 13.8 Å². The van der Waals surface area contributed by atoms with Crippen molar-refractivity contribution in [1.82, 2.24) is 15.6 Å². The zero-order valence-electron chi connectivity index (χ0n) is 17.7. The van der Waals surface area contributed by atoms with Crippen LogP contribution in [-0.4, -0.2) is 35.5 Å². The number of amides is 2. The largest absolute Gasteiger partial charge is 0.487 e. The second-order valence-electron chi connectivity index (χ2n) is 8.51. The van der Waals surface area contributed by atoms with Crippen molar-refractivity contribution >= 4 is 22.7 Å². The molecule has 0 aliphatic carbocycles. The maximum atomic E-state index is 12.3. The van der Waals surface area contributed by atoms with Crippen molar-refractivity contribution in [3.8, 4) is 16.9 Å². The van der Waals surface area contributed by atoms with Crippen molar-refractivity contribution in [3.63, 3.8) is 0 Å². The van der Waals surface area contributed by atoms with Crippen LogP contribution in [0.25, 0.3) is 22.0 Å². The first kappa shape index (κ1) is 19.5. The molecule has 2 aromatic carbocycles. The van der Waals surface area contributed by atoms with Crippen LogP contribution in [0.2, 0.25) is 0 Å². The molecule has 2 amide bonds. The first-order valence-corrected chi connectivity index (χ1v) is 10.7. The smallest absolute Gasteiger partial charge is 0.242 e. The lowest BCUT2D eigenvalue weighted by atomic mass is 9.96. The summed E-state index contributed by atoms with van der Waals surface area (Å²) in [6.45, 7) is 4.50. The molecule has 1 fully saturated rings. The van der Waals surface area contributed by atoms with Crippen LogP contribution in [0.3, 0.4) is 0 Å². The van der Waals surface area contributed by atoms with Gasteiger partial charge in [-0.15, -0.1) is 0 Å². The Hall–Kier alpha value is -3.41. The predicted molar refractivity (Wildman–Crippen MR) is 119 cm³/mol. The van der Waals surface area contributed by atoms with Crippen LogP contribution in [0.4, 0.5) is 0 Å². The number of rotatable bonds is 4. The van der Waals surface area contributed by atoms with Gasteiger partial charge in [-0.05, 0) is 61.2 Å². The third-order valence-electron chi connectivity index (χ3n) is 6.00. The highest BCUT2D eigenvalue weighted by molar-refractivity contribution is 5.91. The number of nitrogens with zero attached hydrogens (tertiary/aromatic N) is 1. The molecular formula is C25H25N3O3. The van der Waals surface area contributed by atoms with E-state index < -0.39 is 6.04 Å². The molecule has 1 unspecified atom stereocenters. The van der Waals surface area contributed by atoms with E-state index in [-0.39, 0.29) is 17.9 Å². The summed E-state index contributed by atoms with van der Waals surface area (Å²) in [6.07, 6.45) is 1.58. The zero-order chi connectivity index (χ0) is 21.5. The number of hydrogen-bond acceptors (Lipinski definition) is 4. The number of carbonyl (C=O) groups is 2. The topological polar surface area (TPSA) is 80.3 Å². The fraction of sp³-hybridized carbons (Fsp3) is 0.320. The zero-order valence-corrected chi connectivity index (χ0v) is 17.7. The molecular weight excluding hydrogens is 390 g/mol. The van der Waals surface area contributed by atoms with Crippen LogP contribution in [-0.2, 0) is 16.0 Å². The van der Waals surface area contributed by atoms with Gasteiger partial charge in [-0.1, -0.05) is 18.2 Å². The summed E-state index contributed by atoms with van der Waals surface area (Å²) in [5.41, 5.74) is 6.48. The van der Waals surface area contributed by atoms with E-state index in [4.69, 9.17) is 4.74 Å². The van der Waals surface area contributed by atoms with E-state index in [0.717, 1.165) is 45.5 Å². The average Bonchev–Trinajstić information content (AvgIpc) is 3.37. The number of benzene rings is 2. The number of ether oxygens (including phenoxy) is 1. The van der Waals surface area contributed by atoms with E-state index in [0.29, 0.717) is 19.4 Å². The van der Waals surface area contributed by atoms with Crippen molar-refractivity contribution in [2.45, 2.75) is 45.3 Å². The molecule has 0 bridgehead atoms. The maximum Gasteiger partial charge on any atom is 0.242 e. The van der Waals surface area contributed by atoms with Gasteiger partial charge in [0.05, 0.1) is 12.1 Å². The highest BCUT2D eigenvalue weighted by Crippen LogP contribution is 2.40. The molecule has 2 aliphatic rings. The van der Waals surface area contributed by atoms with E-state index in [1.54, 1.807) is 0 Å². The number of aryl methyl sites for hydroxylation is 2. The number of aromatic nitrogens is 1. The van der Waals surface area contributed by atoms with Crippen LogP contribution < -0.4 is 15.4 Å². The third-order valence-corrected chi connectivity index (χ3v) is 6.00. The van der Waals surface area contributed by atoms with Gasteiger partial charge in [0, 0.05) is 29.5 Å². The molecule has 3 heterocycles. The predicted octanol–water partition coefficient (Wildman–Crippen LogP) is 3.22. The number of pyridine rings is 1. The quantitative estimate of drug-likeness (QED) is 0.686. The Morgan fingerprint density at radius 3 is 2.87 bits per heavy atom. The SMILES string of the molecule is Cc1cc2c(c(-c3ccc4nc(C)ccc4c3)c1)OC(CNC(=O)[C@@H]1CCC(=O)N1)C2. The molecule has 5 rings (SSSR count). The highest BCUT2D eigenvalue weighted by atomic mass is 16.5. The summed E-state index contributed by atoms with van der Waals surface area (Å²) in [5.74, 6) is 0.683. The van der Waals surface area contributed by atoms with Gasteiger partial charge < -0.3 is 15.4 Å². The molecule has 158 valence electrons. The summed E-state index contributed by atoms with van der Waals surface area (Å²) in [7, 11) is 0. The van der Waals surface area contributed by atoms with Gasteiger partial charge in [0.15, 0.2) is 0 Å². The second kappa shape index (κ2) is 7.69. The minimum Gasteiger partial charge on any atom is -0.487 e. The fourth-order valence-corrected chi connectivity index (χ4v) is 4.46. The Morgan fingerprint density at radius 1 is 1.19 bits per heavy atom. The van der Waals surface area contributed by atoms with Crippen molar-refractivity contribution in [3.05, 3.63) is 59.3 Å². The molecule has 6 heteroatoms. The van der Waals surface area contributed by atoms with Crippen LogP contribution >= 0.6 is 0 Å². The van der Waals surface area contributed by atoms with Crippen molar-refractivity contribution in [2.24, 2.45) is 0 Å². The summed E-state index contributed by atoms with van der Waals surface area (Å²) in [6, 6.07) is 14.3. The number of nitrogens with one attached hydrogen (secondary N) is 2. The fourth-order valence-electron chi connectivity index (χ4n) is 4.46. The van der Waals surface area contributed by atoms with Gasteiger partial charge in [0.2, 0.25) is 11.8 Å². The van der Waals surface area contributed by atoms with Crippen LogP contribution in [0.1, 0.15) is 29.7 Å². The molecule has 0 spiro atoms. The monoisotopic (exact) mass is 415 g/mol. The standard InChI is InChI=1S/C25H25N3O3/c1-14-9-18-12-19(13-26-25(30)22-7-8-23(29)28-22)31-24(18)20(10-14)16-5-6-21-17(11-16)4-3-15(2)27-21/h3-6,9-11,19,22H,7-8,12-13H2,1-2H3,(H,26,30)(H,28,29)/t19?,22-/m0/s1. The van der Waals surface area contributed by atoms with Crippen molar-refractivity contribution in [2.75, 3.05) is 6.54 Å². The molecule has 6 nitrogen and oxygen atoms in total. The third kappa shape index (κ3) is 3.85. The lowest BCUT2D eigenvalue weighted by molar-refractivity contribution is -0.126. The van der Waals surface area contributed by atoms with Gasteiger partial charge in [-0.3, -0.25) is 14.6 Å². The summed E-state index contributed by atoms with van der Waals surface area (Å²) >= 11 is 0. The Kier molecular flexibility index (Phi) is 4.85. The molecule has 0 radical (unpaired) electrons. The maximum absolute atomic E-state index is 12.3. The molecule has 31 heavy (non-hydrogen) atoms. The molecule has 2 N–H and O–H groups in total. The number of carbonyl (C=O) groups excluding carboxylic acids is 2. The summed E-state index contributed by atoms with van der Waals surface area (Å²) in [4.78, 5) is 28.3. The molecule has 0 saturated carbocycles.